The van der Waals surface area contributed by atoms with Crippen LogP contribution in [0.15, 0.2) is 49.2 Å². The molecule has 16 heavy (non-hydrogen) atoms. The molecule has 0 spiro atoms. The van der Waals surface area contributed by atoms with Crippen molar-refractivity contribution in [3.63, 3.8) is 0 Å². The van der Waals surface area contributed by atoms with Crippen molar-refractivity contribution in [2.24, 2.45) is 0 Å². The summed E-state index contributed by atoms with van der Waals surface area (Å²) in [5.41, 5.74) is 4.50. The van der Waals surface area contributed by atoms with Crippen LogP contribution in [0.5, 0.6) is 0 Å². The Labute approximate surface area is 93.4 Å². The Morgan fingerprint density at radius 1 is 1.12 bits per heavy atom. The summed E-state index contributed by atoms with van der Waals surface area (Å²) in [7, 11) is 0. The highest BCUT2D eigenvalue weighted by atomic mass is 15.0. The molecule has 3 aromatic heterocycles. The highest BCUT2D eigenvalue weighted by Crippen LogP contribution is 2.22. The minimum absolute atomic E-state index is 0.959. The molecular weight excluding hydrogens is 198 g/mol. The van der Waals surface area contributed by atoms with Crippen molar-refractivity contribution < 1.29 is 0 Å². The summed E-state index contributed by atoms with van der Waals surface area (Å²) >= 11 is 0. The van der Waals surface area contributed by atoms with Crippen LogP contribution >= 0.6 is 0 Å². The fraction of sp³-hybridized carbons (Fsp3) is 0.0769. The van der Waals surface area contributed by atoms with E-state index in [0.717, 1.165) is 16.8 Å². The van der Waals surface area contributed by atoms with Gasteiger partial charge in [-0.2, -0.15) is 0 Å². The maximum atomic E-state index is 4.28. The molecule has 3 nitrogen and oxygen atoms in total. The Kier molecular flexibility index (Phi) is 1.96. The number of imidazole rings is 1. The van der Waals surface area contributed by atoms with Crippen molar-refractivity contribution in [3.8, 4) is 11.1 Å². The molecule has 3 heterocycles. The monoisotopic (exact) mass is 209 g/mol. The van der Waals surface area contributed by atoms with Gasteiger partial charge < -0.3 is 4.40 Å². The van der Waals surface area contributed by atoms with Crippen LogP contribution in [0.1, 0.15) is 5.56 Å². The molecule has 0 radical (unpaired) electrons. The van der Waals surface area contributed by atoms with E-state index in [1.807, 2.05) is 35.3 Å². The number of nitrogens with zero attached hydrogens (tertiary/aromatic N) is 3. The lowest BCUT2D eigenvalue weighted by molar-refractivity contribution is 1.18. The van der Waals surface area contributed by atoms with Gasteiger partial charge in [0.1, 0.15) is 5.65 Å². The van der Waals surface area contributed by atoms with E-state index in [1.54, 1.807) is 6.20 Å². The lowest BCUT2D eigenvalue weighted by Crippen LogP contribution is -1.87. The lowest BCUT2D eigenvalue weighted by Gasteiger charge is -2.05. The molecule has 0 aromatic carbocycles. The fourth-order valence-electron chi connectivity index (χ4n) is 1.84. The molecule has 0 aliphatic heterocycles. The summed E-state index contributed by atoms with van der Waals surface area (Å²) in [6, 6.07) is 6.17. The number of fused-ring (bicyclic) bond motifs is 1. The maximum Gasteiger partial charge on any atom is 0.137 e. The zero-order valence-electron chi connectivity index (χ0n) is 8.96. The quantitative estimate of drug-likeness (QED) is 0.616. The first-order valence-electron chi connectivity index (χ1n) is 5.18. The van der Waals surface area contributed by atoms with Gasteiger partial charge in [0.05, 0.1) is 0 Å². The van der Waals surface area contributed by atoms with Crippen molar-refractivity contribution in [1.82, 2.24) is 14.4 Å². The van der Waals surface area contributed by atoms with Crippen LogP contribution in [0.2, 0.25) is 0 Å². The molecule has 0 aliphatic carbocycles. The molecule has 0 saturated heterocycles. The summed E-state index contributed by atoms with van der Waals surface area (Å²) in [5.74, 6) is 0. The SMILES string of the molecule is Cc1ccncc1-c1ccn2ccnc2c1. The molecule has 0 aliphatic rings. The third-order valence-corrected chi connectivity index (χ3v) is 2.75. The van der Waals surface area contributed by atoms with Gasteiger partial charge in [-0.15, -0.1) is 0 Å². The normalized spacial score (nSPS) is 10.8. The second kappa shape index (κ2) is 3.45. The van der Waals surface area contributed by atoms with Gasteiger partial charge in [-0.25, -0.2) is 4.98 Å². The van der Waals surface area contributed by atoms with E-state index in [9.17, 15) is 0 Å². The average molecular weight is 209 g/mol. The van der Waals surface area contributed by atoms with Crippen LogP contribution in [0.25, 0.3) is 16.8 Å². The smallest absolute Gasteiger partial charge is 0.137 e. The van der Waals surface area contributed by atoms with Gasteiger partial charge in [-0.1, -0.05) is 0 Å². The fourth-order valence-corrected chi connectivity index (χ4v) is 1.84. The number of aryl methyl sites for hydroxylation is 1. The molecule has 0 saturated carbocycles. The van der Waals surface area contributed by atoms with E-state index in [0.29, 0.717) is 0 Å². The number of aromatic nitrogens is 3. The van der Waals surface area contributed by atoms with Crippen LogP contribution in [0.3, 0.4) is 0 Å². The molecule has 3 aromatic rings. The Bertz CT molecular complexity index is 640. The second-order valence-corrected chi connectivity index (χ2v) is 3.80. The molecule has 0 bridgehead atoms. The second-order valence-electron chi connectivity index (χ2n) is 3.80. The van der Waals surface area contributed by atoms with E-state index in [2.05, 4.69) is 29.0 Å². The number of hydrogen-bond donors (Lipinski definition) is 0. The Balaban J connectivity index is 2.22. The van der Waals surface area contributed by atoms with Crippen molar-refractivity contribution in [1.29, 1.82) is 0 Å². The molecule has 78 valence electrons. The van der Waals surface area contributed by atoms with Crippen molar-refractivity contribution >= 4 is 5.65 Å². The van der Waals surface area contributed by atoms with Gasteiger partial charge in [0, 0.05) is 36.5 Å². The van der Waals surface area contributed by atoms with Gasteiger partial charge in [0.2, 0.25) is 0 Å². The van der Waals surface area contributed by atoms with Crippen LogP contribution in [-0.4, -0.2) is 14.4 Å². The van der Waals surface area contributed by atoms with Gasteiger partial charge in [0.15, 0.2) is 0 Å². The summed E-state index contributed by atoms with van der Waals surface area (Å²) in [6.45, 7) is 2.09. The third kappa shape index (κ3) is 1.37. The summed E-state index contributed by atoms with van der Waals surface area (Å²) < 4.78 is 2.00. The highest BCUT2D eigenvalue weighted by molar-refractivity contribution is 5.69. The zero-order valence-corrected chi connectivity index (χ0v) is 8.96. The van der Waals surface area contributed by atoms with Crippen LogP contribution in [-0.2, 0) is 0 Å². The first-order valence-corrected chi connectivity index (χ1v) is 5.18. The maximum absolute atomic E-state index is 4.28. The molecule has 0 amide bonds. The van der Waals surface area contributed by atoms with E-state index in [-0.39, 0.29) is 0 Å². The Hall–Kier alpha value is -2.16. The Morgan fingerprint density at radius 2 is 2.06 bits per heavy atom. The standard InChI is InChI=1S/C13H11N3/c1-10-2-4-14-9-12(10)11-3-6-16-7-5-15-13(16)8-11/h2-9H,1H3. The predicted molar refractivity (Wildman–Crippen MR) is 63.2 cm³/mol. The van der Waals surface area contributed by atoms with E-state index in [1.165, 1.54) is 5.56 Å². The summed E-state index contributed by atoms with van der Waals surface area (Å²) in [5, 5.41) is 0. The van der Waals surface area contributed by atoms with Crippen molar-refractivity contribution in [2.45, 2.75) is 6.92 Å². The molecule has 3 rings (SSSR count). The van der Waals surface area contributed by atoms with E-state index in [4.69, 9.17) is 0 Å². The molecule has 3 heteroatoms. The molecule has 0 unspecified atom stereocenters. The van der Waals surface area contributed by atoms with E-state index >= 15 is 0 Å². The molecule has 0 fully saturated rings. The largest absolute Gasteiger partial charge is 0.307 e. The zero-order chi connectivity index (χ0) is 11.0. The molecule has 0 atom stereocenters. The minimum atomic E-state index is 0.959. The topological polar surface area (TPSA) is 30.2 Å². The lowest BCUT2D eigenvalue weighted by atomic mass is 10.0. The van der Waals surface area contributed by atoms with Crippen LogP contribution in [0.4, 0.5) is 0 Å². The van der Waals surface area contributed by atoms with Gasteiger partial charge in [-0.3, -0.25) is 4.98 Å². The van der Waals surface area contributed by atoms with Gasteiger partial charge in [0.25, 0.3) is 0 Å². The first kappa shape index (κ1) is 9.09. The molecule has 0 N–H and O–H groups in total. The van der Waals surface area contributed by atoms with Crippen LogP contribution in [0, 0.1) is 6.92 Å². The average Bonchev–Trinajstić information content (AvgIpc) is 2.76. The first-order chi connectivity index (χ1) is 7.84. The number of hydrogen-bond acceptors (Lipinski definition) is 2. The van der Waals surface area contributed by atoms with Crippen molar-refractivity contribution in [2.75, 3.05) is 0 Å². The van der Waals surface area contributed by atoms with Gasteiger partial charge in [-0.05, 0) is 36.2 Å². The van der Waals surface area contributed by atoms with Crippen molar-refractivity contribution in [3.05, 3.63) is 54.7 Å². The van der Waals surface area contributed by atoms with Crippen LogP contribution < -0.4 is 0 Å². The summed E-state index contributed by atoms with van der Waals surface area (Å²) in [6.07, 6.45) is 9.46. The van der Waals surface area contributed by atoms with E-state index < -0.39 is 0 Å². The number of rotatable bonds is 1. The Morgan fingerprint density at radius 3 is 2.94 bits per heavy atom. The summed E-state index contributed by atoms with van der Waals surface area (Å²) in [4.78, 5) is 8.44. The molecular formula is C13H11N3. The minimum Gasteiger partial charge on any atom is -0.307 e. The predicted octanol–water partition coefficient (Wildman–Crippen LogP) is 2.70. The van der Waals surface area contributed by atoms with Gasteiger partial charge >= 0.3 is 0 Å². The third-order valence-electron chi connectivity index (χ3n) is 2.75. The number of pyridine rings is 2. The highest BCUT2D eigenvalue weighted by Gasteiger charge is 2.02.